The van der Waals surface area contributed by atoms with Gasteiger partial charge in [0.2, 0.25) is 0 Å². The number of carbonyl (C=O) groups excluding carboxylic acids is 1. The van der Waals surface area contributed by atoms with Crippen molar-refractivity contribution < 1.29 is 18.3 Å². The Morgan fingerprint density at radius 1 is 1.30 bits per heavy atom. The first-order valence-corrected chi connectivity index (χ1v) is 9.62. The number of amides is 2. The SMILES string of the molecule is Cc1nc(CN2CCCN(C(=O)Nc3ccccc3OC(F)F)CC2)cs1. The second-order valence-corrected chi connectivity index (χ2v) is 7.34. The first kappa shape index (κ1) is 19.5. The third kappa shape index (κ3) is 5.61. The lowest BCUT2D eigenvalue weighted by atomic mass is 10.3. The summed E-state index contributed by atoms with van der Waals surface area (Å²) < 4.78 is 29.5. The summed E-state index contributed by atoms with van der Waals surface area (Å²) in [5, 5.41) is 5.79. The molecule has 0 saturated carbocycles. The Hall–Kier alpha value is -2.26. The molecule has 2 heterocycles. The fraction of sp³-hybridized carbons (Fsp3) is 0.444. The summed E-state index contributed by atoms with van der Waals surface area (Å²) in [5.41, 5.74) is 1.29. The minimum Gasteiger partial charge on any atom is -0.433 e. The third-order valence-corrected chi connectivity index (χ3v) is 5.09. The number of halogens is 2. The highest BCUT2D eigenvalue weighted by molar-refractivity contribution is 7.09. The van der Waals surface area contributed by atoms with Crippen molar-refractivity contribution in [3.05, 3.63) is 40.3 Å². The number of aryl methyl sites for hydroxylation is 1. The molecule has 1 aromatic heterocycles. The number of urea groups is 1. The molecule has 0 unspecified atom stereocenters. The molecular formula is C18H22F2N4O2S. The number of ether oxygens (including phenoxy) is 1. The van der Waals surface area contributed by atoms with Gasteiger partial charge in [-0.05, 0) is 25.5 Å². The van der Waals surface area contributed by atoms with Gasteiger partial charge in [-0.25, -0.2) is 9.78 Å². The monoisotopic (exact) mass is 396 g/mol. The standard InChI is InChI=1S/C18H22F2N4O2S/c1-13-21-14(12-27-13)11-23-7-4-8-24(10-9-23)18(25)22-15-5-2-3-6-16(15)26-17(19)20/h2-3,5-6,12,17H,4,7-11H2,1H3,(H,22,25). The molecule has 1 aromatic carbocycles. The number of hydrogen-bond acceptors (Lipinski definition) is 5. The zero-order chi connectivity index (χ0) is 19.2. The molecule has 0 aliphatic carbocycles. The van der Waals surface area contributed by atoms with Crippen LogP contribution in [0.2, 0.25) is 0 Å². The summed E-state index contributed by atoms with van der Waals surface area (Å²) in [6, 6.07) is 5.88. The van der Waals surface area contributed by atoms with E-state index in [2.05, 4.69) is 25.3 Å². The fourth-order valence-electron chi connectivity index (χ4n) is 3.00. The fourth-order valence-corrected chi connectivity index (χ4v) is 3.61. The molecule has 1 saturated heterocycles. The number of anilines is 1. The van der Waals surface area contributed by atoms with Crippen LogP contribution in [-0.4, -0.2) is 53.6 Å². The number of hydrogen-bond donors (Lipinski definition) is 1. The minimum absolute atomic E-state index is 0.0452. The van der Waals surface area contributed by atoms with Crippen LogP contribution in [0.5, 0.6) is 5.75 Å². The van der Waals surface area contributed by atoms with Gasteiger partial charge in [-0.15, -0.1) is 11.3 Å². The quantitative estimate of drug-likeness (QED) is 0.835. The molecule has 27 heavy (non-hydrogen) atoms. The summed E-state index contributed by atoms with van der Waals surface area (Å²) in [6.45, 7) is 2.60. The number of aromatic nitrogens is 1. The summed E-state index contributed by atoms with van der Waals surface area (Å²) >= 11 is 1.63. The predicted octanol–water partition coefficient (Wildman–Crippen LogP) is 3.79. The van der Waals surface area contributed by atoms with Crippen LogP contribution < -0.4 is 10.1 Å². The molecule has 1 fully saturated rings. The Kier molecular flexibility index (Phi) is 6.57. The maximum atomic E-state index is 12.6. The van der Waals surface area contributed by atoms with Crippen LogP contribution in [0.25, 0.3) is 0 Å². The van der Waals surface area contributed by atoms with Crippen LogP contribution >= 0.6 is 11.3 Å². The van der Waals surface area contributed by atoms with Crippen LogP contribution in [0.1, 0.15) is 17.1 Å². The first-order valence-electron chi connectivity index (χ1n) is 8.74. The Morgan fingerprint density at radius 3 is 2.85 bits per heavy atom. The topological polar surface area (TPSA) is 57.7 Å². The van der Waals surface area contributed by atoms with E-state index in [9.17, 15) is 13.6 Å². The summed E-state index contributed by atoms with van der Waals surface area (Å²) in [6.07, 6.45) is 0.839. The number of thiazole rings is 1. The molecule has 1 N–H and O–H groups in total. The predicted molar refractivity (Wildman–Crippen MR) is 100 cm³/mol. The van der Waals surface area contributed by atoms with Gasteiger partial charge in [-0.1, -0.05) is 12.1 Å². The van der Waals surface area contributed by atoms with E-state index in [1.807, 2.05) is 6.92 Å². The van der Waals surface area contributed by atoms with Crippen LogP contribution in [0.4, 0.5) is 19.3 Å². The van der Waals surface area contributed by atoms with Crippen molar-refractivity contribution in [1.82, 2.24) is 14.8 Å². The highest BCUT2D eigenvalue weighted by atomic mass is 32.1. The van der Waals surface area contributed by atoms with E-state index in [4.69, 9.17) is 0 Å². The van der Waals surface area contributed by atoms with Crippen molar-refractivity contribution in [2.45, 2.75) is 26.5 Å². The normalized spacial score (nSPS) is 15.6. The average molecular weight is 396 g/mol. The van der Waals surface area contributed by atoms with Gasteiger partial charge in [-0.2, -0.15) is 8.78 Å². The molecule has 0 bridgehead atoms. The summed E-state index contributed by atoms with van der Waals surface area (Å²) in [5.74, 6) is -0.0452. The van der Waals surface area contributed by atoms with Crippen LogP contribution in [-0.2, 0) is 6.54 Å². The molecule has 2 amide bonds. The molecular weight excluding hydrogens is 374 g/mol. The zero-order valence-electron chi connectivity index (χ0n) is 15.0. The van der Waals surface area contributed by atoms with Crippen molar-refractivity contribution in [2.75, 3.05) is 31.5 Å². The van der Waals surface area contributed by atoms with E-state index in [1.54, 1.807) is 34.4 Å². The molecule has 0 spiro atoms. The Balaban J connectivity index is 1.56. The van der Waals surface area contributed by atoms with Gasteiger partial charge in [0.15, 0.2) is 0 Å². The second kappa shape index (κ2) is 9.09. The number of benzene rings is 1. The third-order valence-electron chi connectivity index (χ3n) is 4.27. The van der Waals surface area contributed by atoms with Crippen molar-refractivity contribution in [3.63, 3.8) is 0 Å². The molecule has 9 heteroatoms. The number of rotatable bonds is 5. The smallest absolute Gasteiger partial charge is 0.387 e. The van der Waals surface area contributed by atoms with Gasteiger partial charge in [-0.3, -0.25) is 4.90 Å². The van der Waals surface area contributed by atoms with Crippen LogP contribution in [0, 0.1) is 6.92 Å². The van der Waals surface area contributed by atoms with Gasteiger partial charge in [0, 0.05) is 38.1 Å². The molecule has 1 aliphatic heterocycles. The van der Waals surface area contributed by atoms with E-state index in [0.717, 1.165) is 36.8 Å². The minimum atomic E-state index is -2.94. The molecule has 0 atom stereocenters. The Bertz CT molecular complexity index is 771. The molecule has 1 aliphatic rings. The number of para-hydroxylation sites is 2. The Morgan fingerprint density at radius 2 is 2.11 bits per heavy atom. The number of alkyl halides is 2. The van der Waals surface area contributed by atoms with Gasteiger partial charge < -0.3 is 15.0 Å². The molecule has 3 rings (SSSR count). The van der Waals surface area contributed by atoms with Gasteiger partial charge in [0.05, 0.1) is 16.4 Å². The highest BCUT2D eigenvalue weighted by Gasteiger charge is 2.21. The molecule has 6 nitrogen and oxygen atoms in total. The summed E-state index contributed by atoms with van der Waals surface area (Å²) in [4.78, 5) is 21.0. The number of carbonyl (C=O) groups is 1. The molecule has 2 aromatic rings. The highest BCUT2D eigenvalue weighted by Crippen LogP contribution is 2.26. The summed E-state index contributed by atoms with van der Waals surface area (Å²) in [7, 11) is 0. The van der Waals surface area contributed by atoms with Crippen molar-refractivity contribution in [2.24, 2.45) is 0 Å². The molecule has 146 valence electrons. The van der Waals surface area contributed by atoms with Gasteiger partial charge in [0.1, 0.15) is 5.75 Å². The average Bonchev–Trinajstić information content (AvgIpc) is 2.89. The second-order valence-electron chi connectivity index (χ2n) is 6.28. The van der Waals surface area contributed by atoms with E-state index >= 15 is 0 Å². The van der Waals surface area contributed by atoms with E-state index in [1.165, 1.54) is 6.07 Å². The largest absolute Gasteiger partial charge is 0.433 e. The number of nitrogens with zero attached hydrogens (tertiary/aromatic N) is 3. The lowest BCUT2D eigenvalue weighted by Crippen LogP contribution is -2.38. The number of nitrogens with one attached hydrogen (secondary N) is 1. The van der Waals surface area contributed by atoms with Crippen molar-refractivity contribution in [1.29, 1.82) is 0 Å². The molecule has 0 radical (unpaired) electrons. The maximum Gasteiger partial charge on any atom is 0.387 e. The van der Waals surface area contributed by atoms with Crippen LogP contribution in [0.15, 0.2) is 29.6 Å². The zero-order valence-corrected chi connectivity index (χ0v) is 15.8. The lowest BCUT2D eigenvalue weighted by molar-refractivity contribution is -0.0493. The van der Waals surface area contributed by atoms with E-state index < -0.39 is 6.61 Å². The van der Waals surface area contributed by atoms with Crippen LogP contribution in [0.3, 0.4) is 0 Å². The first-order chi connectivity index (χ1) is 13.0. The van der Waals surface area contributed by atoms with Gasteiger partial charge >= 0.3 is 12.6 Å². The van der Waals surface area contributed by atoms with E-state index in [0.29, 0.717) is 13.1 Å². The van der Waals surface area contributed by atoms with Gasteiger partial charge in [0.25, 0.3) is 0 Å². The van der Waals surface area contributed by atoms with E-state index in [-0.39, 0.29) is 17.5 Å². The maximum absolute atomic E-state index is 12.6. The Labute approximate surface area is 160 Å². The van der Waals surface area contributed by atoms with Crippen molar-refractivity contribution >= 4 is 23.1 Å². The lowest BCUT2D eigenvalue weighted by Gasteiger charge is -2.22. The van der Waals surface area contributed by atoms with Crippen molar-refractivity contribution in [3.8, 4) is 5.75 Å².